The van der Waals surface area contributed by atoms with Crippen LogP contribution in [0.15, 0.2) is 18.5 Å². The van der Waals surface area contributed by atoms with Crippen molar-refractivity contribution in [2.75, 3.05) is 5.43 Å². The molecule has 1 amide bonds. The fourth-order valence-corrected chi connectivity index (χ4v) is 1.10. The van der Waals surface area contributed by atoms with E-state index in [0.717, 1.165) is 6.42 Å². The smallest absolute Gasteiger partial charge is 0.255 e. The molecule has 0 fully saturated rings. The van der Waals surface area contributed by atoms with E-state index >= 15 is 0 Å². The number of aromatic nitrogens is 1. The Kier molecular flexibility index (Phi) is 4.05. The van der Waals surface area contributed by atoms with Crippen molar-refractivity contribution in [1.82, 2.24) is 10.3 Å². The third-order valence-corrected chi connectivity index (χ3v) is 2.21. The molecule has 1 heterocycles. The van der Waals surface area contributed by atoms with Crippen molar-refractivity contribution in [2.24, 2.45) is 5.84 Å². The van der Waals surface area contributed by atoms with Crippen molar-refractivity contribution in [3.05, 3.63) is 24.0 Å². The summed E-state index contributed by atoms with van der Waals surface area (Å²) in [6, 6.07) is 1.80. The molecule has 0 radical (unpaired) electrons. The van der Waals surface area contributed by atoms with Gasteiger partial charge in [-0.05, 0) is 19.4 Å². The Morgan fingerprint density at radius 3 is 3.00 bits per heavy atom. The van der Waals surface area contributed by atoms with E-state index in [-0.39, 0.29) is 11.9 Å². The molecule has 1 aromatic heterocycles. The predicted molar refractivity (Wildman–Crippen MR) is 59.3 cm³/mol. The van der Waals surface area contributed by atoms with Gasteiger partial charge in [0.05, 0.1) is 11.3 Å². The number of hydrazine groups is 1. The van der Waals surface area contributed by atoms with Crippen molar-refractivity contribution in [3.8, 4) is 0 Å². The first-order chi connectivity index (χ1) is 7.19. The largest absolute Gasteiger partial charge is 0.349 e. The normalized spacial score (nSPS) is 11.9. The highest BCUT2D eigenvalue weighted by molar-refractivity contribution is 5.99. The van der Waals surface area contributed by atoms with Crippen LogP contribution in [0.3, 0.4) is 0 Å². The molecule has 0 saturated carbocycles. The maximum absolute atomic E-state index is 11.7. The Bertz CT molecular complexity index is 340. The molecule has 82 valence electrons. The summed E-state index contributed by atoms with van der Waals surface area (Å²) in [5, 5.41) is 2.85. The lowest BCUT2D eigenvalue weighted by Gasteiger charge is -2.13. The van der Waals surface area contributed by atoms with Crippen molar-refractivity contribution < 1.29 is 4.79 Å². The lowest BCUT2D eigenvalue weighted by molar-refractivity contribution is 0.0939. The Morgan fingerprint density at radius 1 is 1.67 bits per heavy atom. The number of amides is 1. The molecule has 0 bridgehead atoms. The van der Waals surface area contributed by atoms with Crippen LogP contribution in [0.1, 0.15) is 30.6 Å². The quantitative estimate of drug-likeness (QED) is 0.507. The molecule has 0 aliphatic carbocycles. The second kappa shape index (κ2) is 5.31. The zero-order valence-corrected chi connectivity index (χ0v) is 8.95. The number of carbonyl (C=O) groups excluding carboxylic acids is 1. The maximum Gasteiger partial charge on any atom is 0.255 e. The molecule has 5 heteroatoms. The molecule has 0 spiro atoms. The van der Waals surface area contributed by atoms with Crippen LogP contribution < -0.4 is 16.6 Å². The molecule has 0 aliphatic rings. The van der Waals surface area contributed by atoms with E-state index in [1.54, 1.807) is 12.3 Å². The third-order valence-electron chi connectivity index (χ3n) is 2.21. The molecule has 4 N–H and O–H groups in total. The molecule has 0 aromatic carbocycles. The summed E-state index contributed by atoms with van der Waals surface area (Å²) in [5.41, 5.74) is 3.50. The van der Waals surface area contributed by atoms with E-state index in [1.165, 1.54) is 6.20 Å². The summed E-state index contributed by atoms with van der Waals surface area (Å²) in [6.45, 7) is 3.96. The Balaban J connectivity index is 2.81. The van der Waals surface area contributed by atoms with Crippen molar-refractivity contribution in [3.63, 3.8) is 0 Å². The lowest BCUT2D eigenvalue weighted by Crippen LogP contribution is -2.32. The zero-order chi connectivity index (χ0) is 11.3. The highest BCUT2D eigenvalue weighted by Crippen LogP contribution is 2.11. The van der Waals surface area contributed by atoms with Gasteiger partial charge in [-0.3, -0.25) is 15.6 Å². The van der Waals surface area contributed by atoms with Gasteiger partial charge in [-0.25, -0.2) is 0 Å². The van der Waals surface area contributed by atoms with Gasteiger partial charge >= 0.3 is 0 Å². The fourth-order valence-electron chi connectivity index (χ4n) is 1.10. The minimum absolute atomic E-state index is 0.142. The second-order valence-electron chi connectivity index (χ2n) is 3.35. The first kappa shape index (κ1) is 11.5. The van der Waals surface area contributed by atoms with Gasteiger partial charge in [0.1, 0.15) is 0 Å². The van der Waals surface area contributed by atoms with Crippen molar-refractivity contribution in [1.29, 1.82) is 0 Å². The van der Waals surface area contributed by atoms with Crippen LogP contribution >= 0.6 is 0 Å². The monoisotopic (exact) mass is 208 g/mol. The molecule has 1 rings (SSSR count). The summed E-state index contributed by atoms with van der Waals surface area (Å²) >= 11 is 0. The number of anilines is 1. The van der Waals surface area contributed by atoms with Gasteiger partial charge in [-0.1, -0.05) is 6.92 Å². The van der Waals surface area contributed by atoms with Crippen molar-refractivity contribution in [2.45, 2.75) is 26.3 Å². The van der Waals surface area contributed by atoms with Crippen LogP contribution in [-0.4, -0.2) is 16.9 Å². The molecular weight excluding hydrogens is 192 g/mol. The third kappa shape index (κ3) is 2.92. The number of hydrogen-bond donors (Lipinski definition) is 3. The van der Waals surface area contributed by atoms with E-state index < -0.39 is 0 Å². The highest BCUT2D eigenvalue weighted by Gasteiger charge is 2.12. The number of pyridine rings is 1. The summed E-state index contributed by atoms with van der Waals surface area (Å²) in [5.74, 6) is 5.13. The molecule has 5 nitrogen and oxygen atoms in total. The number of nitrogen functional groups attached to an aromatic ring is 1. The average molecular weight is 208 g/mol. The van der Waals surface area contributed by atoms with Gasteiger partial charge in [0, 0.05) is 18.4 Å². The fraction of sp³-hybridized carbons (Fsp3) is 0.400. The van der Waals surface area contributed by atoms with Gasteiger partial charge < -0.3 is 10.7 Å². The van der Waals surface area contributed by atoms with Crippen LogP contribution in [0.2, 0.25) is 0 Å². The van der Waals surface area contributed by atoms with E-state index in [0.29, 0.717) is 11.3 Å². The van der Waals surface area contributed by atoms with E-state index in [9.17, 15) is 4.79 Å². The summed E-state index contributed by atoms with van der Waals surface area (Å²) < 4.78 is 0. The summed E-state index contributed by atoms with van der Waals surface area (Å²) in [4.78, 5) is 15.6. The van der Waals surface area contributed by atoms with Gasteiger partial charge in [0.15, 0.2) is 0 Å². The number of hydrogen-bond acceptors (Lipinski definition) is 4. The SMILES string of the molecule is CCC(C)NC(=O)c1cnccc1NN. The molecular formula is C10H16N4O. The predicted octanol–water partition coefficient (Wildman–Crippen LogP) is 0.895. The molecule has 1 aromatic rings. The minimum atomic E-state index is -0.162. The van der Waals surface area contributed by atoms with E-state index in [1.807, 2.05) is 13.8 Å². The molecule has 0 saturated heterocycles. The van der Waals surface area contributed by atoms with Gasteiger partial charge in [0.25, 0.3) is 5.91 Å². The number of rotatable bonds is 4. The summed E-state index contributed by atoms with van der Waals surface area (Å²) in [6.07, 6.45) is 3.96. The molecule has 15 heavy (non-hydrogen) atoms. The van der Waals surface area contributed by atoms with Crippen LogP contribution in [0.25, 0.3) is 0 Å². The Morgan fingerprint density at radius 2 is 2.40 bits per heavy atom. The van der Waals surface area contributed by atoms with Crippen LogP contribution in [0.4, 0.5) is 5.69 Å². The topological polar surface area (TPSA) is 80.0 Å². The van der Waals surface area contributed by atoms with Crippen LogP contribution in [0.5, 0.6) is 0 Å². The lowest BCUT2D eigenvalue weighted by atomic mass is 10.2. The molecule has 1 unspecified atom stereocenters. The number of carbonyl (C=O) groups is 1. The van der Waals surface area contributed by atoms with Crippen LogP contribution in [0, 0.1) is 0 Å². The van der Waals surface area contributed by atoms with Crippen molar-refractivity contribution >= 4 is 11.6 Å². The first-order valence-corrected chi connectivity index (χ1v) is 4.90. The van der Waals surface area contributed by atoms with E-state index in [4.69, 9.17) is 5.84 Å². The standard InChI is InChI=1S/C10H16N4O/c1-3-7(2)13-10(15)8-6-12-5-4-9(8)14-11/h4-7H,3,11H2,1-2H3,(H,12,14)(H,13,15). The summed E-state index contributed by atoms with van der Waals surface area (Å²) in [7, 11) is 0. The average Bonchev–Trinajstić information content (AvgIpc) is 2.28. The van der Waals surface area contributed by atoms with E-state index in [2.05, 4.69) is 15.7 Å². The zero-order valence-electron chi connectivity index (χ0n) is 8.95. The molecule has 1 atom stereocenters. The van der Waals surface area contributed by atoms with Crippen LogP contribution in [-0.2, 0) is 0 Å². The highest BCUT2D eigenvalue weighted by atomic mass is 16.1. The first-order valence-electron chi connectivity index (χ1n) is 4.90. The van der Waals surface area contributed by atoms with Gasteiger partial charge in [-0.15, -0.1) is 0 Å². The number of nitrogens with zero attached hydrogens (tertiary/aromatic N) is 1. The van der Waals surface area contributed by atoms with Gasteiger partial charge in [0.2, 0.25) is 0 Å². The number of nitrogens with two attached hydrogens (primary N) is 1. The maximum atomic E-state index is 11.7. The number of nitrogens with one attached hydrogen (secondary N) is 2. The minimum Gasteiger partial charge on any atom is -0.349 e. The second-order valence-corrected chi connectivity index (χ2v) is 3.35. The Labute approximate surface area is 89.0 Å². The molecule has 0 aliphatic heterocycles. The Hall–Kier alpha value is -1.62. The van der Waals surface area contributed by atoms with Gasteiger partial charge in [-0.2, -0.15) is 0 Å².